The summed E-state index contributed by atoms with van der Waals surface area (Å²) in [6.45, 7) is 2.04. The van der Waals surface area contributed by atoms with Gasteiger partial charge in [-0.3, -0.25) is 14.3 Å². The Kier molecular flexibility index (Phi) is 5.17. The molecule has 1 saturated heterocycles. The van der Waals surface area contributed by atoms with Crippen LogP contribution in [0.3, 0.4) is 0 Å². The number of pyridine rings is 1. The fourth-order valence-corrected chi connectivity index (χ4v) is 5.64. The van der Waals surface area contributed by atoms with Crippen molar-refractivity contribution in [1.29, 1.82) is 0 Å². The van der Waals surface area contributed by atoms with Crippen LogP contribution in [0.1, 0.15) is 66.9 Å². The van der Waals surface area contributed by atoms with Crippen LogP contribution in [-0.4, -0.2) is 44.8 Å². The number of H-pyrrole nitrogens is 1. The summed E-state index contributed by atoms with van der Waals surface area (Å²) in [4.78, 5) is 30.5. The summed E-state index contributed by atoms with van der Waals surface area (Å²) in [5.41, 5.74) is 3.35. The lowest BCUT2D eigenvalue weighted by Gasteiger charge is -2.30. The molecule has 1 aliphatic carbocycles. The maximum absolute atomic E-state index is 13.0. The molecule has 0 bridgehead atoms. The average Bonchev–Trinajstić information content (AvgIpc) is 3.39. The number of carbonyl (C=O) groups is 1. The maximum atomic E-state index is 13.0. The molecule has 3 aliphatic rings. The highest BCUT2D eigenvalue weighted by Gasteiger charge is 2.33. The van der Waals surface area contributed by atoms with E-state index in [4.69, 9.17) is 9.84 Å². The Hall–Kier alpha value is -3.13. The number of hydrogen-bond donors (Lipinski definition) is 2. The number of carbonyl (C=O) groups excluding carboxylic acids is 1. The first-order chi connectivity index (χ1) is 16.2. The Bertz CT molecular complexity index is 1250. The smallest absolute Gasteiger partial charge is 0.261 e. The molecule has 0 radical (unpaired) electrons. The number of hydrogen-bond acceptors (Lipinski definition) is 5. The van der Waals surface area contributed by atoms with Crippen molar-refractivity contribution < 1.29 is 9.53 Å². The van der Waals surface area contributed by atoms with Crippen LogP contribution in [0.5, 0.6) is 0 Å². The zero-order valence-corrected chi connectivity index (χ0v) is 18.7. The van der Waals surface area contributed by atoms with Crippen molar-refractivity contribution in [3.05, 3.63) is 51.9 Å². The third kappa shape index (κ3) is 3.62. The molecule has 172 valence electrons. The highest BCUT2D eigenvalue weighted by Crippen LogP contribution is 2.34. The van der Waals surface area contributed by atoms with Gasteiger partial charge in [-0.15, -0.1) is 0 Å². The molecule has 2 aliphatic heterocycles. The van der Waals surface area contributed by atoms with E-state index < -0.39 is 0 Å². The van der Waals surface area contributed by atoms with Crippen LogP contribution in [-0.2, 0) is 11.3 Å². The second-order valence-electron chi connectivity index (χ2n) is 9.43. The fourth-order valence-electron chi connectivity index (χ4n) is 5.64. The van der Waals surface area contributed by atoms with Gasteiger partial charge in [0.25, 0.3) is 11.5 Å². The van der Waals surface area contributed by atoms with Crippen LogP contribution >= 0.6 is 0 Å². The molecule has 6 rings (SSSR count). The van der Waals surface area contributed by atoms with Crippen molar-refractivity contribution >= 4 is 28.3 Å². The molecule has 3 aromatic rings. The zero-order chi connectivity index (χ0) is 22.4. The lowest BCUT2D eigenvalue weighted by atomic mass is 9.95. The number of fused-ring (bicyclic) bond motifs is 2. The second-order valence-corrected chi connectivity index (χ2v) is 9.43. The summed E-state index contributed by atoms with van der Waals surface area (Å²) >= 11 is 0. The molecule has 4 heterocycles. The minimum atomic E-state index is -0.140. The van der Waals surface area contributed by atoms with E-state index in [0.29, 0.717) is 37.0 Å². The molecule has 8 heteroatoms. The standard InChI is InChI=1S/C25H29N5O3/c31-24-22-21(8-11-26-24)30(19-4-2-1-3-5-19)28-23(22)27-17-6-7-20-16(14-17)15-29(25(20)32)18-9-12-33-13-10-18/h6-8,11,14,18-19H,1-5,9-10,12-13,15H2,(H,26,31)(H,27,28). The van der Waals surface area contributed by atoms with Gasteiger partial charge in [0.15, 0.2) is 5.82 Å². The van der Waals surface area contributed by atoms with Crippen molar-refractivity contribution in [2.75, 3.05) is 18.5 Å². The van der Waals surface area contributed by atoms with Gasteiger partial charge in [-0.05, 0) is 55.5 Å². The first-order valence-electron chi connectivity index (χ1n) is 12.1. The molecule has 1 amide bonds. The summed E-state index contributed by atoms with van der Waals surface area (Å²) < 4.78 is 7.50. The van der Waals surface area contributed by atoms with E-state index in [2.05, 4.69) is 10.3 Å². The van der Waals surface area contributed by atoms with Crippen LogP contribution in [0.2, 0.25) is 0 Å². The number of ether oxygens (including phenoxy) is 1. The number of aromatic amines is 1. The topological polar surface area (TPSA) is 92.2 Å². The Morgan fingerprint density at radius 3 is 2.64 bits per heavy atom. The molecule has 0 unspecified atom stereocenters. The largest absolute Gasteiger partial charge is 0.381 e. The molecular weight excluding hydrogens is 418 g/mol. The minimum Gasteiger partial charge on any atom is -0.381 e. The van der Waals surface area contributed by atoms with Crippen molar-refractivity contribution in [2.45, 2.75) is 63.6 Å². The van der Waals surface area contributed by atoms with Crippen LogP contribution in [0, 0.1) is 0 Å². The molecule has 2 fully saturated rings. The Morgan fingerprint density at radius 2 is 1.82 bits per heavy atom. The quantitative estimate of drug-likeness (QED) is 0.628. The molecule has 33 heavy (non-hydrogen) atoms. The van der Waals surface area contributed by atoms with E-state index >= 15 is 0 Å². The van der Waals surface area contributed by atoms with Gasteiger partial charge in [0, 0.05) is 43.2 Å². The summed E-state index contributed by atoms with van der Waals surface area (Å²) in [7, 11) is 0. The lowest BCUT2D eigenvalue weighted by molar-refractivity contribution is 0.0303. The molecule has 0 spiro atoms. The van der Waals surface area contributed by atoms with Crippen LogP contribution < -0.4 is 10.9 Å². The Morgan fingerprint density at radius 1 is 1.00 bits per heavy atom. The number of benzene rings is 1. The molecule has 2 N–H and O–H groups in total. The van der Waals surface area contributed by atoms with Crippen LogP contribution in [0.15, 0.2) is 35.3 Å². The number of aromatic nitrogens is 3. The molecule has 2 aromatic heterocycles. The van der Waals surface area contributed by atoms with Gasteiger partial charge >= 0.3 is 0 Å². The van der Waals surface area contributed by atoms with Crippen molar-refractivity contribution in [2.24, 2.45) is 0 Å². The van der Waals surface area contributed by atoms with E-state index in [-0.39, 0.29) is 17.5 Å². The molecule has 0 atom stereocenters. The van der Waals surface area contributed by atoms with E-state index in [0.717, 1.165) is 48.0 Å². The van der Waals surface area contributed by atoms with Crippen LogP contribution in [0.4, 0.5) is 11.5 Å². The predicted octanol–water partition coefficient (Wildman–Crippen LogP) is 4.11. The lowest BCUT2D eigenvalue weighted by Crippen LogP contribution is -2.39. The molecule has 1 saturated carbocycles. The summed E-state index contributed by atoms with van der Waals surface area (Å²) in [5, 5.41) is 8.83. The van der Waals surface area contributed by atoms with Crippen molar-refractivity contribution in [3.8, 4) is 0 Å². The first kappa shape index (κ1) is 20.5. The van der Waals surface area contributed by atoms with Crippen molar-refractivity contribution in [1.82, 2.24) is 19.7 Å². The number of amides is 1. The third-order valence-corrected chi connectivity index (χ3v) is 7.38. The van der Waals surface area contributed by atoms with Gasteiger partial charge in [0.2, 0.25) is 0 Å². The SMILES string of the molecule is O=C1c2ccc(Nc3nn(C4CCCCC4)c4cc[nH]c(=O)c34)cc2CN1C1CCOCC1. The van der Waals surface area contributed by atoms with E-state index in [1.165, 1.54) is 19.3 Å². The molecule has 1 aromatic carbocycles. The number of nitrogens with one attached hydrogen (secondary N) is 2. The monoisotopic (exact) mass is 447 g/mol. The third-order valence-electron chi connectivity index (χ3n) is 7.38. The highest BCUT2D eigenvalue weighted by atomic mass is 16.5. The summed E-state index contributed by atoms with van der Waals surface area (Å²) in [5.74, 6) is 0.676. The van der Waals surface area contributed by atoms with Gasteiger partial charge in [-0.1, -0.05) is 19.3 Å². The van der Waals surface area contributed by atoms with Gasteiger partial charge < -0.3 is 19.9 Å². The number of anilines is 2. The van der Waals surface area contributed by atoms with Gasteiger partial charge in [0.05, 0.1) is 11.6 Å². The predicted molar refractivity (Wildman–Crippen MR) is 126 cm³/mol. The van der Waals surface area contributed by atoms with Crippen molar-refractivity contribution in [3.63, 3.8) is 0 Å². The number of rotatable bonds is 4. The zero-order valence-electron chi connectivity index (χ0n) is 18.7. The first-order valence-corrected chi connectivity index (χ1v) is 12.1. The average molecular weight is 448 g/mol. The molecule has 8 nitrogen and oxygen atoms in total. The normalized spacial score (nSPS) is 19.9. The molecular formula is C25H29N5O3. The van der Waals surface area contributed by atoms with Gasteiger partial charge in [0.1, 0.15) is 5.39 Å². The summed E-state index contributed by atoms with van der Waals surface area (Å²) in [6, 6.07) is 8.33. The van der Waals surface area contributed by atoms with E-state index in [1.807, 2.05) is 33.8 Å². The van der Waals surface area contributed by atoms with Crippen LogP contribution in [0.25, 0.3) is 10.9 Å². The highest BCUT2D eigenvalue weighted by molar-refractivity contribution is 5.99. The maximum Gasteiger partial charge on any atom is 0.261 e. The van der Waals surface area contributed by atoms with E-state index in [1.54, 1.807) is 6.20 Å². The second kappa shape index (κ2) is 8.33. The minimum absolute atomic E-state index is 0.104. The van der Waals surface area contributed by atoms with Gasteiger partial charge in [-0.2, -0.15) is 5.10 Å². The Labute approximate surface area is 191 Å². The van der Waals surface area contributed by atoms with E-state index in [9.17, 15) is 9.59 Å². The fraction of sp³-hybridized carbons (Fsp3) is 0.480. The number of nitrogens with zero attached hydrogens (tertiary/aromatic N) is 3. The van der Waals surface area contributed by atoms with Gasteiger partial charge in [-0.25, -0.2) is 0 Å². The summed E-state index contributed by atoms with van der Waals surface area (Å²) in [6.07, 6.45) is 9.30. The Balaban J connectivity index is 1.31.